The van der Waals surface area contributed by atoms with Gasteiger partial charge in [0.15, 0.2) is 0 Å². The van der Waals surface area contributed by atoms with E-state index in [1.807, 2.05) is 19.1 Å². The molecular weight excluding hydrogens is 248 g/mol. The van der Waals surface area contributed by atoms with Gasteiger partial charge in [0.2, 0.25) is 0 Å². The molecule has 1 unspecified atom stereocenters. The molecule has 0 aliphatic rings. The van der Waals surface area contributed by atoms with Crippen LogP contribution in [0, 0.1) is 0 Å². The highest BCUT2D eigenvalue weighted by atomic mass is 19.3. The van der Waals surface area contributed by atoms with Crippen LogP contribution < -0.4 is 11.1 Å². The van der Waals surface area contributed by atoms with Crippen molar-refractivity contribution in [1.29, 1.82) is 0 Å². The highest BCUT2D eigenvalue weighted by Gasteiger charge is 2.15. The Morgan fingerprint density at radius 3 is 2.68 bits per heavy atom. The number of nitrogen functional groups attached to an aromatic ring is 1. The first kappa shape index (κ1) is 13.3. The van der Waals surface area contributed by atoms with Crippen LogP contribution in [0.25, 0.3) is 0 Å². The van der Waals surface area contributed by atoms with Gasteiger partial charge in [0, 0.05) is 29.3 Å². The first-order valence-corrected chi connectivity index (χ1v) is 5.92. The highest BCUT2D eigenvalue weighted by Crippen LogP contribution is 2.31. The third kappa shape index (κ3) is 3.19. The third-order valence-corrected chi connectivity index (χ3v) is 2.87. The average Bonchev–Trinajstić information content (AvgIpc) is 2.41. The van der Waals surface area contributed by atoms with Crippen molar-refractivity contribution >= 4 is 11.4 Å². The van der Waals surface area contributed by atoms with Gasteiger partial charge in [-0.25, -0.2) is 8.78 Å². The molecule has 5 heteroatoms. The Labute approximate surface area is 110 Å². The van der Waals surface area contributed by atoms with Crippen LogP contribution in [-0.2, 0) is 0 Å². The molecule has 3 N–H and O–H groups in total. The largest absolute Gasteiger partial charge is 0.399 e. The van der Waals surface area contributed by atoms with Gasteiger partial charge in [-0.15, -0.1) is 0 Å². The Morgan fingerprint density at radius 1 is 1.26 bits per heavy atom. The number of aromatic nitrogens is 1. The summed E-state index contributed by atoms with van der Waals surface area (Å²) in [7, 11) is 0. The summed E-state index contributed by atoms with van der Waals surface area (Å²) in [5, 5.41) is 3.06. The lowest BCUT2D eigenvalue weighted by atomic mass is 10.1. The van der Waals surface area contributed by atoms with Crippen molar-refractivity contribution in [1.82, 2.24) is 4.98 Å². The zero-order valence-corrected chi connectivity index (χ0v) is 10.5. The lowest BCUT2D eigenvalue weighted by Gasteiger charge is -2.18. The second-order valence-corrected chi connectivity index (χ2v) is 4.30. The van der Waals surface area contributed by atoms with E-state index in [9.17, 15) is 8.78 Å². The molecule has 3 nitrogen and oxygen atoms in total. The lowest BCUT2D eigenvalue weighted by molar-refractivity contribution is 0.152. The van der Waals surface area contributed by atoms with E-state index in [4.69, 9.17) is 5.73 Å². The van der Waals surface area contributed by atoms with Crippen LogP contribution in [0.5, 0.6) is 0 Å². The molecule has 0 aliphatic carbocycles. The molecule has 2 aromatic rings. The maximum atomic E-state index is 13.0. The molecule has 1 atom stereocenters. The standard InChI is InChI=1S/C14H15F2N3/c1-9(10-3-2-6-18-8-10)19-13-5-4-11(17)7-12(13)14(15)16/h2-9,14,19H,17H2,1H3. The first-order valence-electron chi connectivity index (χ1n) is 5.92. The number of alkyl halides is 2. The number of halogens is 2. The number of nitrogens with zero attached hydrogens (tertiary/aromatic N) is 1. The summed E-state index contributed by atoms with van der Waals surface area (Å²) in [6.07, 6.45) is 0.813. The fourth-order valence-corrected chi connectivity index (χ4v) is 1.84. The Balaban J connectivity index is 2.24. The van der Waals surface area contributed by atoms with Gasteiger partial charge < -0.3 is 11.1 Å². The van der Waals surface area contributed by atoms with E-state index in [1.165, 1.54) is 6.07 Å². The Hall–Kier alpha value is -2.17. The van der Waals surface area contributed by atoms with Crippen molar-refractivity contribution in [3.63, 3.8) is 0 Å². The maximum absolute atomic E-state index is 13.0. The normalized spacial score (nSPS) is 12.4. The Morgan fingerprint density at radius 2 is 2.05 bits per heavy atom. The van der Waals surface area contributed by atoms with Crippen molar-refractivity contribution in [2.75, 3.05) is 11.1 Å². The third-order valence-electron chi connectivity index (χ3n) is 2.87. The van der Waals surface area contributed by atoms with Crippen LogP contribution in [0.4, 0.5) is 20.2 Å². The fraction of sp³-hybridized carbons (Fsp3) is 0.214. The quantitative estimate of drug-likeness (QED) is 0.825. The van der Waals surface area contributed by atoms with E-state index in [-0.39, 0.29) is 11.6 Å². The summed E-state index contributed by atoms with van der Waals surface area (Å²) in [4.78, 5) is 4.01. The first-order chi connectivity index (χ1) is 9.08. The minimum Gasteiger partial charge on any atom is -0.399 e. The lowest BCUT2D eigenvalue weighted by Crippen LogP contribution is -2.09. The molecule has 1 heterocycles. The molecule has 100 valence electrons. The number of nitrogens with one attached hydrogen (secondary N) is 1. The zero-order valence-electron chi connectivity index (χ0n) is 10.5. The molecule has 0 saturated carbocycles. The molecular formula is C14H15F2N3. The summed E-state index contributed by atoms with van der Waals surface area (Å²) in [5.41, 5.74) is 7.10. The summed E-state index contributed by atoms with van der Waals surface area (Å²) < 4.78 is 25.9. The van der Waals surface area contributed by atoms with E-state index in [2.05, 4.69) is 10.3 Å². The molecule has 0 radical (unpaired) electrons. The van der Waals surface area contributed by atoms with Gasteiger partial charge in [0.1, 0.15) is 0 Å². The second kappa shape index (κ2) is 5.65. The van der Waals surface area contributed by atoms with Crippen LogP contribution >= 0.6 is 0 Å². The number of hydrogen-bond donors (Lipinski definition) is 2. The van der Waals surface area contributed by atoms with E-state index in [1.54, 1.807) is 24.5 Å². The van der Waals surface area contributed by atoms with Gasteiger partial charge in [0.05, 0.1) is 6.04 Å². The molecule has 0 saturated heterocycles. The SMILES string of the molecule is CC(Nc1ccc(N)cc1C(F)F)c1cccnc1. The van der Waals surface area contributed by atoms with E-state index in [0.29, 0.717) is 11.4 Å². The van der Waals surface area contributed by atoms with Crippen molar-refractivity contribution in [3.05, 3.63) is 53.9 Å². The summed E-state index contributed by atoms with van der Waals surface area (Å²) in [6.45, 7) is 1.89. The number of benzene rings is 1. The number of nitrogens with two attached hydrogens (primary N) is 1. The second-order valence-electron chi connectivity index (χ2n) is 4.30. The molecule has 0 fully saturated rings. The van der Waals surface area contributed by atoms with Crippen molar-refractivity contribution in [2.45, 2.75) is 19.4 Å². The number of rotatable bonds is 4. The molecule has 19 heavy (non-hydrogen) atoms. The van der Waals surface area contributed by atoms with Crippen LogP contribution in [0.1, 0.15) is 30.5 Å². The predicted molar refractivity (Wildman–Crippen MR) is 72.1 cm³/mol. The van der Waals surface area contributed by atoms with Crippen LogP contribution in [-0.4, -0.2) is 4.98 Å². The zero-order chi connectivity index (χ0) is 13.8. The van der Waals surface area contributed by atoms with E-state index in [0.717, 1.165) is 5.56 Å². The summed E-state index contributed by atoms with van der Waals surface area (Å²) >= 11 is 0. The van der Waals surface area contributed by atoms with Crippen LogP contribution in [0.3, 0.4) is 0 Å². The van der Waals surface area contributed by atoms with Crippen molar-refractivity contribution in [3.8, 4) is 0 Å². The maximum Gasteiger partial charge on any atom is 0.265 e. The average molecular weight is 263 g/mol. The molecule has 1 aromatic carbocycles. The monoisotopic (exact) mass is 263 g/mol. The molecule has 0 bridgehead atoms. The van der Waals surface area contributed by atoms with Gasteiger partial charge in [0.25, 0.3) is 6.43 Å². The topological polar surface area (TPSA) is 50.9 Å². The van der Waals surface area contributed by atoms with Gasteiger partial charge in [-0.05, 0) is 36.8 Å². The number of anilines is 2. The molecule has 2 rings (SSSR count). The fourth-order valence-electron chi connectivity index (χ4n) is 1.84. The predicted octanol–water partition coefficient (Wildman–Crippen LogP) is 3.77. The minimum absolute atomic E-state index is 0.0873. The smallest absolute Gasteiger partial charge is 0.265 e. The van der Waals surface area contributed by atoms with Crippen molar-refractivity contribution < 1.29 is 8.78 Å². The van der Waals surface area contributed by atoms with Gasteiger partial charge in [-0.1, -0.05) is 6.07 Å². The number of pyridine rings is 1. The molecule has 0 amide bonds. The van der Waals surface area contributed by atoms with E-state index >= 15 is 0 Å². The minimum atomic E-state index is -2.56. The molecule has 1 aromatic heterocycles. The van der Waals surface area contributed by atoms with Gasteiger partial charge >= 0.3 is 0 Å². The Bertz CT molecular complexity index is 544. The van der Waals surface area contributed by atoms with Gasteiger partial charge in [-0.2, -0.15) is 0 Å². The summed E-state index contributed by atoms with van der Waals surface area (Å²) in [5.74, 6) is 0. The highest BCUT2D eigenvalue weighted by molar-refractivity contribution is 5.59. The van der Waals surface area contributed by atoms with E-state index < -0.39 is 6.43 Å². The summed E-state index contributed by atoms with van der Waals surface area (Å²) in [6, 6.07) is 8.06. The van der Waals surface area contributed by atoms with Crippen LogP contribution in [0.2, 0.25) is 0 Å². The molecule has 0 aliphatic heterocycles. The van der Waals surface area contributed by atoms with Gasteiger partial charge in [-0.3, -0.25) is 4.98 Å². The number of hydrogen-bond acceptors (Lipinski definition) is 3. The molecule has 0 spiro atoms. The van der Waals surface area contributed by atoms with Crippen LogP contribution in [0.15, 0.2) is 42.7 Å². The Kier molecular flexibility index (Phi) is 3.94. The van der Waals surface area contributed by atoms with Crippen molar-refractivity contribution in [2.24, 2.45) is 0 Å².